The molecule has 30 heavy (non-hydrogen) atoms. The van der Waals surface area contributed by atoms with Crippen LogP contribution in [0.4, 0.5) is 4.39 Å². The van der Waals surface area contributed by atoms with Crippen LogP contribution in [0.3, 0.4) is 0 Å². The largest absolute Gasteiger partial charge is 0.508 e. The predicted molar refractivity (Wildman–Crippen MR) is 109 cm³/mol. The van der Waals surface area contributed by atoms with E-state index in [1.807, 2.05) is 0 Å². The van der Waals surface area contributed by atoms with Gasteiger partial charge in [0.2, 0.25) is 0 Å². The summed E-state index contributed by atoms with van der Waals surface area (Å²) in [5.41, 5.74) is 2.74. The van der Waals surface area contributed by atoms with E-state index in [0.717, 1.165) is 5.56 Å². The lowest BCUT2D eigenvalue weighted by atomic mass is 9.96. The van der Waals surface area contributed by atoms with Gasteiger partial charge in [0.05, 0.1) is 18.8 Å². The van der Waals surface area contributed by atoms with E-state index in [9.17, 15) is 14.3 Å². The monoisotopic (exact) mass is 412 g/mol. The minimum atomic E-state index is -0.616. The summed E-state index contributed by atoms with van der Waals surface area (Å²) in [6, 6.07) is 15.8. The second-order valence-electron chi connectivity index (χ2n) is 6.42. The topological polar surface area (TPSA) is 96.2 Å². The van der Waals surface area contributed by atoms with E-state index in [0.29, 0.717) is 16.7 Å². The first-order valence-electron chi connectivity index (χ1n) is 9.28. The van der Waals surface area contributed by atoms with Crippen LogP contribution in [0, 0.1) is 5.82 Å². The molecule has 0 heterocycles. The number of carbonyl (C=O) groups excluding carboxylic acids is 1. The molecule has 156 valence electrons. The van der Waals surface area contributed by atoms with Gasteiger partial charge >= 0.3 is 5.97 Å². The van der Waals surface area contributed by atoms with E-state index in [4.69, 9.17) is 19.7 Å². The van der Waals surface area contributed by atoms with Crippen LogP contribution >= 0.6 is 0 Å². The van der Waals surface area contributed by atoms with Crippen LogP contribution in [0.5, 0.6) is 11.5 Å². The van der Waals surface area contributed by atoms with Gasteiger partial charge in [0.1, 0.15) is 19.0 Å². The Bertz CT molecular complexity index is 1020. The molecule has 3 aromatic rings. The molecule has 0 spiro atoms. The number of hydrogen-bond acceptors (Lipinski definition) is 6. The highest BCUT2D eigenvalue weighted by Crippen LogP contribution is 2.31. The smallest absolute Gasteiger partial charge is 0.338 e. The molecule has 0 bridgehead atoms. The summed E-state index contributed by atoms with van der Waals surface area (Å²) in [5, 5.41) is 27.3. The first-order valence-corrected chi connectivity index (χ1v) is 9.28. The minimum absolute atomic E-state index is 0.0186. The van der Waals surface area contributed by atoms with Gasteiger partial charge in [-0.2, -0.15) is 0 Å². The van der Waals surface area contributed by atoms with E-state index in [-0.39, 0.29) is 43.5 Å². The summed E-state index contributed by atoms with van der Waals surface area (Å²) >= 11 is 0. The molecule has 0 amide bonds. The Kier molecular flexibility index (Phi) is 7.00. The number of aliphatic hydroxyl groups excluding tert-OH is 2. The zero-order chi connectivity index (χ0) is 21.5. The fourth-order valence-corrected chi connectivity index (χ4v) is 2.91. The molecule has 0 unspecified atom stereocenters. The lowest BCUT2D eigenvalue weighted by Gasteiger charge is -2.12. The van der Waals surface area contributed by atoms with Crippen molar-refractivity contribution in [1.82, 2.24) is 0 Å². The third-order valence-corrected chi connectivity index (χ3v) is 4.31. The Balaban J connectivity index is 2.04. The van der Waals surface area contributed by atoms with Crippen LogP contribution in [0.2, 0.25) is 0 Å². The van der Waals surface area contributed by atoms with Gasteiger partial charge in [-0.1, -0.05) is 18.2 Å². The number of ether oxygens (including phenoxy) is 2. The Morgan fingerprint density at radius 2 is 1.43 bits per heavy atom. The van der Waals surface area contributed by atoms with Gasteiger partial charge in [0.15, 0.2) is 11.6 Å². The number of phenolic OH excluding ortho intramolecular Hbond substituents is 1. The summed E-state index contributed by atoms with van der Waals surface area (Å²) in [6.45, 7) is -0.678. The number of aliphatic hydroxyl groups is 2. The quantitative estimate of drug-likeness (QED) is 0.491. The predicted octanol–water partition coefficient (Wildman–Crippen LogP) is 3.39. The van der Waals surface area contributed by atoms with Crippen LogP contribution in [0.25, 0.3) is 22.3 Å². The average molecular weight is 412 g/mol. The Labute approximate surface area is 172 Å². The summed E-state index contributed by atoms with van der Waals surface area (Å²) in [6.07, 6.45) is 0. The third kappa shape index (κ3) is 5.14. The lowest BCUT2D eigenvalue weighted by molar-refractivity contribution is 0.0434. The maximum atomic E-state index is 14.4. The van der Waals surface area contributed by atoms with E-state index >= 15 is 0 Å². The maximum absolute atomic E-state index is 14.4. The molecule has 3 N–H and O–H groups in total. The lowest BCUT2D eigenvalue weighted by Crippen LogP contribution is -2.09. The molecule has 0 aliphatic rings. The van der Waals surface area contributed by atoms with Crippen molar-refractivity contribution >= 4 is 5.97 Å². The summed E-state index contributed by atoms with van der Waals surface area (Å²) < 4.78 is 24.6. The molecule has 0 aliphatic heterocycles. The van der Waals surface area contributed by atoms with Crippen molar-refractivity contribution in [2.45, 2.75) is 0 Å². The van der Waals surface area contributed by atoms with Crippen LogP contribution < -0.4 is 4.74 Å². The van der Waals surface area contributed by atoms with E-state index in [1.165, 1.54) is 24.3 Å². The van der Waals surface area contributed by atoms with Crippen LogP contribution in [0.1, 0.15) is 10.4 Å². The molecule has 0 saturated heterocycles. The van der Waals surface area contributed by atoms with Gasteiger partial charge < -0.3 is 24.8 Å². The normalized spacial score (nSPS) is 10.6. The Morgan fingerprint density at radius 1 is 0.800 bits per heavy atom. The fourth-order valence-electron chi connectivity index (χ4n) is 2.91. The van der Waals surface area contributed by atoms with Crippen molar-refractivity contribution in [3.05, 3.63) is 72.0 Å². The minimum Gasteiger partial charge on any atom is -0.508 e. The van der Waals surface area contributed by atoms with Gasteiger partial charge in [-0.05, 0) is 64.7 Å². The van der Waals surface area contributed by atoms with Crippen LogP contribution in [-0.4, -0.2) is 47.7 Å². The molecule has 0 radical (unpaired) electrons. The second kappa shape index (κ2) is 9.87. The highest BCUT2D eigenvalue weighted by Gasteiger charge is 2.14. The fraction of sp³-hybridized carbons (Fsp3) is 0.174. The zero-order valence-corrected chi connectivity index (χ0v) is 16.0. The van der Waals surface area contributed by atoms with Crippen molar-refractivity contribution in [2.75, 3.05) is 26.4 Å². The highest BCUT2D eigenvalue weighted by molar-refractivity contribution is 5.93. The van der Waals surface area contributed by atoms with Crippen LogP contribution in [-0.2, 0) is 4.74 Å². The van der Waals surface area contributed by atoms with Gasteiger partial charge in [-0.15, -0.1) is 0 Å². The van der Waals surface area contributed by atoms with Crippen molar-refractivity contribution < 1.29 is 34.0 Å². The third-order valence-electron chi connectivity index (χ3n) is 4.31. The molecule has 0 atom stereocenters. The number of carbonyl (C=O) groups is 1. The molecule has 6 nitrogen and oxygen atoms in total. The van der Waals surface area contributed by atoms with Gasteiger partial charge in [0, 0.05) is 0 Å². The SMILES string of the molecule is O=C(OCCO)c1cc(-c2ccc(O)cc2)cc(-c2ccc(OCCO)c(F)c2)c1. The number of hydrogen-bond donors (Lipinski definition) is 3. The van der Waals surface area contributed by atoms with Gasteiger partial charge in [0.25, 0.3) is 0 Å². The summed E-state index contributed by atoms with van der Waals surface area (Å²) in [5.74, 6) is -1.09. The van der Waals surface area contributed by atoms with Crippen molar-refractivity contribution in [3.63, 3.8) is 0 Å². The average Bonchev–Trinajstić information content (AvgIpc) is 2.76. The number of phenols is 1. The van der Waals surface area contributed by atoms with E-state index in [1.54, 1.807) is 36.4 Å². The standard InChI is InChI=1S/C23H21FO6/c24-21-14-16(3-6-22(21)29-9-7-25)18-11-17(15-1-4-20(27)5-2-15)12-19(13-18)23(28)30-10-8-26/h1-6,11-14,25-27H,7-10H2. The molecular formula is C23H21FO6. The van der Waals surface area contributed by atoms with Gasteiger partial charge in [-0.3, -0.25) is 0 Å². The molecule has 7 heteroatoms. The Hall–Kier alpha value is -3.42. The van der Waals surface area contributed by atoms with Crippen molar-refractivity contribution in [2.24, 2.45) is 0 Å². The van der Waals surface area contributed by atoms with E-state index in [2.05, 4.69) is 0 Å². The van der Waals surface area contributed by atoms with E-state index < -0.39 is 11.8 Å². The molecule has 0 aliphatic carbocycles. The highest BCUT2D eigenvalue weighted by atomic mass is 19.1. The number of esters is 1. The first-order chi connectivity index (χ1) is 14.5. The van der Waals surface area contributed by atoms with Crippen molar-refractivity contribution in [1.29, 1.82) is 0 Å². The molecule has 0 fully saturated rings. The number of halogens is 1. The Morgan fingerprint density at radius 3 is 2.07 bits per heavy atom. The number of aromatic hydroxyl groups is 1. The van der Waals surface area contributed by atoms with Crippen molar-refractivity contribution in [3.8, 4) is 33.8 Å². The second-order valence-corrected chi connectivity index (χ2v) is 6.42. The first kappa shape index (κ1) is 21.3. The number of rotatable bonds is 8. The summed E-state index contributed by atoms with van der Waals surface area (Å²) in [4.78, 5) is 12.4. The zero-order valence-electron chi connectivity index (χ0n) is 16.0. The van der Waals surface area contributed by atoms with Crippen LogP contribution in [0.15, 0.2) is 60.7 Å². The summed E-state index contributed by atoms with van der Waals surface area (Å²) in [7, 11) is 0. The molecule has 3 rings (SSSR count). The molecule has 0 aromatic heterocycles. The van der Waals surface area contributed by atoms with Gasteiger partial charge in [-0.25, -0.2) is 9.18 Å². The molecular weight excluding hydrogens is 391 g/mol. The molecule has 3 aromatic carbocycles. The molecule has 0 saturated carbocycles. The number of benzene rings is 3. The maximum Gasteiger partial charge on any atom is 0.338 e.